The van der Waals surface area contributed by atoms with Crippen LogP contribution in [0.25, 0.3) is 0 Å². The lowest BCUT2D eigenvalue weighted by Crippen LogP contribution is -2.08. The molecule has 8 heavy (non-hydrogen) atoms. The second kappa shape index (κ2) is 1.94. The summed E-state index contributed by atoms with van der Waals surface area (Å²) in [6, 6.07) is 0. The molecule has 3 nitrogen and oxygen atoms in total. The van der Waals surface area contributed by atoms with Crippen LogP contribution in [0.1, 0.15) is 19.8 Å². The van der Waals surface area contributed by atoms with Crippen LogP contribution in [-0.4, -0.2) is 11.6 Å². The molecule has 0 atom stereocenters. The lowest BCUT2D eigenvalue weighted by molar-refractivity contribution is -0.119. The largest absolute Gasteiger partial charge is 0.273 e. The Labute approximate surface area is 47.8 Å². The van der Waals surface area contributed by atoms with Gasteiger partial charge in [-0.1, -0.05) is 6.92 Å². The third-order valence-corrected chi connectivity index (χ3v) is 1.11. The molecule has 0 aliphatic carbocycles. The van der Waals surface area contributed by atoms with Gasteiger partial charge < -0.3 is 0 Å². The van der Waals surface area contributed by atoms with E-state index in [1.165, 1.54) is 0 Å². The average Bonchev–Trinajstić information content (AvgIpc) is 2.14. The lowest BCUT2D eigenvalue weighted by atomic mass is 10.2. The number of hydrogen-bond donors (Lipinski definition) is 1. The van der Waals surface area contributed by atoms with E-state index in [1.54, 1.807) is 0 Å². The molecule has 0 aromatic rings. The number of carbonyl (C=O) groups excluding carboxylic acids is 1. The molecule has 1 amide bonds. The average molecular weight is 112 g/mol. The van der Waals surface area contributed by atoms with E-state index >= 15 is 0 Å². The van der Waals surface area contributed by atoms with Crippen LogP contribution < -0.4 is 5.43 Å². The van der Waals surface area contributed by atoms with Gasteiger partial charge in [-0.15, -0.1) is 0 Å². The summed E-state index contributed by atoms with van der Waals surface area (Å²) >= 11 is 0. The van der Waals surface area contributed by atoms with E-state index in [1.807, 2.05) is 6.92 Å². The number of nitrogens with zero attached hydrogens (tertiary/aromatic N) is 1. The van der Waals surface area contributed by atoms with Crippen molar-refractivity contribution in [1.82, 2.24) is 5.43 Å². The van der Waals surface area contributed by atoms with Crippen LogP contribution in [0, 0.1) is 0 Å². The Hall–Kier alpha value is -0.860. The zero-order valence-corrected chi connectivity index (χ0v) is 4.77. The first kappa shape index (κ1) is 5.28. The fraction of sp³-hybridized carbons (Fsp3) is 0.600. The van der Waals surface area contributed by atoms with Crippen molar-refractivity contribution < 1.29 is 4.79 Å². The molecule has 1 rings (SSSR count). The maximum atomic E-state index is 10.4. The molecule has 3 heteroatoms. The molecule has 1 aliphatic heterocycles. The molecule has 0 radical (unpaired) electrons. The molecule has 0 saturated heterocycles. The molecule has 0 aromatic carbocycles. The third kappa shape index (κ3) is 0.857. The highest BCUT2D eigenvalue weighted by molar-refractivity contribution is 6.04. The first-order chi connectivity index (χ1) is 3.83. The molecule has 0 spiro atoms. The van der Waals surface area contributed by atoms with E-state index < -0.39 is 0 Å². The minimum atomic E-state index is 0.0156. The monoisotopic (exact) mass is 112 g/mol. The van der Waals surface area contributed by atoms with E-state index in [0.717, 1.165) is 12.1 Å². The molecule has 0 aromatic heterocycles. The minimum absolute atomic E-state index is 0.0156. The van der Waals surface area contributed by atoms with Gasteiger partial charge >= 0.3 is 0 Å². The van der Waals surface area contributed by atoms with E-state index in [4.69, 9.17) is 0 Å². The van der Waals surface area contributed by atoms with Crippen molar-refractivity contribution >= 4 is 11.6 Å². The number of rotatable bonds is 1. The standard InChI is InChI=1S/C5H8N2O/c1-2-4-3-5(8)7-6-4/h2-3H2,1H3,(H,7,8). The van der Waals surface area contributed by atoms with Crippen molar-refractivity contribution in [3.05, 3.63) is 0 Å². The molecule has 0 bridgehead atoms. The molecule has 1 aliphatic rings. The summed E-state index contributed by atoms with van der Waals surface area (Å²) in [5.74, 6) is 0.0156. The topological polar surface area (TPSA) is 41.5 Å². The Morgan fingerprint density at radius 2 is 2.62 bits per heavy atom. The summed E-state index contributed by atoms with van der Waals surface area (Å²) < 4.78 is 0. The van der Waals surface area contributed by atoms with Crippen molar-refractivity contribution in [3.63, 3.8) is 0 Å². The molecular formula is C5H8N2O. The quantitative estimate of drug-likeness (QED) is 0.519. The number of nitrogens with one attached hydrogen (secondary N) is 1. The maximum Gasteiger partial charge on any atom is 0.245 e. The van der Waals surface area contributed by atoms with Crippen molar-refractivity contribution in [2.45, 2.75) is 19.8 Å². The van der Waals surface area contributed by atoms with Crippen LogP contribution in [0.4, 0.5) is 0 Å². The van der Waals surface area contributed by atoms with E-state index in [9.17, 15) is 4.79 Å². The van der Waals surface area contributed by atoms with Crippen molar-refractivity contribution in [2.24, 2.45) is 5.10 Å². The van der Waals surface area contributed by atoms with Gasteiger partial charge in [0, 0.05) is 5.71 Å². The highest BCUT2D eigenvalue weighted by Crippen LogP contribution is 1.97. The Morgan fingerprint density at radius 1 is 1.88 bits per heavy atom. The molecule has 1 heterocycles. The van der Waals surface area contributed by atoms with E-state index in [-0.39, 0.29) is 5.91 Å². The zero-order chi connectivity index (χ0) is 5.98. The van der Waals surface area contributed by atoms with Gasteiger partial charge in [0.15, 0.2) is 0 Å². The van der Waals surface area contributed by atoms with Gasteiger partial charge in [-0.05, 0) is 6.42 Å². The molecule has 1 N–H and O–H groups in total. The second-order valence-corrected chi connectivity index (χ2v) is 1.74. The van der Waals surface area contributed by atoms with Crippen molar-refractivity contribution in [3.8, 4) is 0 Å². The molecular weight excluding hydrogens is 104 g/mol. The van der Waals surface area contributed by atoms with Crippen LogP contribution in [0.5, 0.6) is 0 Å². The first-order valence-corrected chi connectivity index (χ1v) is 2.67. The van der Waals surface area contributed by atoms with Gasteiger partial charge in [0.25, 0.3) is 0 Å². The van der Waals surface area contributed by atoms with Crippen molar-refractivity contribution in [1.29, 1.82) is 0 Å². The highest BCUT2D eigenvalue weighted by Gasteiger charge is 2.10. The summed E-state index contributed by atoms with van der Waals surface area (Å²) in [4.78, 5) is 10.4. The first-order valence-electron chi connectivity index (χ1n) is 2.67. The number of amides is 1. The van der Waals surface area contributed by atoms with Gasteiger partial charge in [-0.25, -0.2) is 5.43 Å². The van der Waals surface area contributed by atoms with Gasteiger partial charge in [0.1, 0.15) is 0 Å². The lowest BCUT2D eigenvalue weighted by Gasteiger charge is -1.82. The van der Waals surface area contributed by atoms with Crippen molar-refractivity contribution in [2.75, 3.05) is 0 Å². The van der Waals surface area contributed by atoms with Crippen LogP contribution in [0.2, 0.25) is 0 Å². The number of hydrazone groups is 1. The van der Waals surface area contributed by atoms with Gasteiger partial charge in [0.05, 0.1) is 6.42 Å². The van der Waals surface area contributed by atoms with E-state index in [0.29, 0.717) is 6.42 Å². The van der Waals surface area contributed by atoms with Crippen LogP contribution in [0.15, 0.2) is 5.10 Å². The Balaban J connectivity index is 2.49. The molecule has 44 valence electrons. The fourth-order valence-corrected chi connectivity index (χ4v) is 0.610. The summed E-state index contributed by atoms with van der Waals surface area (Å²) in [6.07, 6.45) is 1.37. The summed E-state index contributed by atoms with van der Waals surface area (Å²) in [5, 5.41) is 3.75. The minimum Gasteiger partial charge on any atom is -0.273 e. The Bertz CT molecular complexity index is 139. The summed E-state index contributed by atoms with van der Waals surface area (Å²) in [7, 11) is 0. The van der Waals surface area contributed by atoms with Crippen LogP contribution in [-0.2, 0) is 4.79 Å². The van der Waals surface area contributed by atoms with E-state index in [2.05, 4.69) is 10.5 Å². The third-order valence-electron chi connectivity index (χ3n) is 1.11. The smallest absolute Gasteiger partial charge is 0.245 e. The normalized spacial score (nSPS) is 18.1. The Kier molecular flexibility index (Phi) is 1.28. The van der Waals surface area contributed by atoms with Gasteiger partial charge in [-0.3, -0.25) is 4.79 Å². The second-order valence-electron chi connectivity index (χ2n) is 1.74. The fourth-order valence-electron chi connectivity index (χ4n) is 0.610. The number of carbonyl (C=O) groups is 1. The summed E-state index contributed by atoms with van der Waals surface area (Å²) in [5.41, 5.74) is 3.32. The van der Waals surface area contributed by atoms with Gasteiger partial charge in [0.2, 0.25) is 5.91 Å². The van der Waals surface area contributed by atoms with Crippen LogP contribution in [0.3, 0.4) is 0 Å². The molecule has 0 unspecified atom stereocenters. The maximum absolute atomic E-state index is 10.4. The Morgan fingerprint density at radius 3 is 2.88 bits per heavy atom. The predicted octanol–water partition coefficient (Wildman–Crippen LogP) is 0.272. The van der Waals surface area contributed by atoms with Crippen LogP contribution >= 0.6 is 0 Å². The SMILES string of the molecule is CCC1=NNC(=O)C1. The molecule has 0 fully saturated rings. The number of hydrogen-bond acceptors (Lipinski definition) is 2. The predicted molar refractivity (Wildman–Crippen MR) is 30.5 cm³/mol. The zero-order valence-electron chi connectivity index (χ0n) is 4.77. The van der Waals surface area contributed by atoms with Gasteiger partial charge in [-0.2, -0.15) is 5.10 Å². The molecule has 0 saturated carbocycles. The summed E-state index contributed by atoms with van der Waals surface area (Å²) in [6.45, 7) is 1.99. The highest BCUT2D eigenvalue weighted by atomic mass is 16.2.